The molecule has 1 amide bonds. The molecule has 1 aliphatic carbocycles. The number of amides is 1. The summed E-state index contributed by atoms with van der Waals surface area (Å²) in [5, 5.41) is 45.4. The Kier molecular flexibility index (Phi) is 23.2. The molecule has 3 heterocycles. The molecule has 0 radical (unpaired) electrons. The van der Waals surface area contributed by atoms with Crippen LogP contribution >= 0.6 is 0 Å². The number of ketones is 3. The summed E-state index contributed by atoms with van der Waals surface area (Å²) in [7, 11) is 4.59. The summed E-state index contributed by atoms with van der Waals surface area (Å²) in [4.78, 5) is 71.1. The van der Waals surface area contributed by atoms with Gasteiger partial charge in [0.2, 0.25) is 5.78 Å². The van der Waals surface area contributed by atoms with Gasteiger partial charge in [-0.15, -0.1) is 5.10 Å². The zero-order valence-corrected chi connectivity index (χ0v) is 42.6. The van der Waals surface area contributed by atoms with Gasteiger partial charge in [0, 0.05) is 52.6 Å². The number of aliphatic hydroxyl groups excluding tert-OH is 3. The number of carbonyl (C=O) groups is 5. The van der Waals surface area contributed by atoms with E-state index in [1.807, 2.05) is 58.1 Å². The predicted molar refractivity (Wildman–Crippen MR) is 258 cm³/mol. The molecule has 1 aromatic heterocycles. The largest absolute Gasteiger partial charge is 0.460 e. The highest BCUT2D eigenvalue weighted by atomic mass is 16.5. The minimum atomic E-state index is -1.66. The quantitative estimate of drug-likeness (QED) is 0.170. The van der Waals surface area contributed by atoms with E-state index in [-0.39, 0.29) is 80.1 Å². The number of hydrogen-bond donors (Lipinski definition) is 3. The van der Waals surface area contributed by atoms with Crippen LogP contribution in [0, 0.1) is 35.5 Å². The van der Waals surface area contributed by atoms with Crippen LogP contribution in [0.5, 0.6) is 0 Å². The maximum Gasteiger partial charge on any atom is 0.329 e. The van der Waals surface area contributed by atoms with Crippen molar-refractivity contribution < 1.29 is 58.2 Å². The fourth-order valence-electron chi connectivity index (χ4n) is 10.2. The number of nitrogens with zero attached hydrogens (tertiary/aromatic N) is 5. The van der Waals surface area contributed by atoms with Crippen molar-refractivity contribution in [2.75, 3.05) is 27.9 Å². The highest BCUT2D eigenvalue weighted by Gasteiger charge is 2.42. The molecule has 0 spiro atoms. The second kappa shape index (κ2) is 28.0. The first-order valence-corrected chi connectivity index (χ1v) is 25.0. The van der Waals surface area contributed by atoms with E-state index in [1.54, 1.807) is 52.1 Å². The number of cyclic esters (lactones) is 1. The molecule has 1 saturated carbocycles. The molecule has 4 rings (SSSR count). The Balaban J connectivity index is 1.64. The van der Waals surface area contributed by atoms with Crippen LogP contribution in [0.15, 0.2) is 53.9 Å². The minimum Gasteiger partial charge on any atom is -0.460 e. The van der Waals surface area contributed by atoms with Crippen LogP contribution in [0.3, 0.4) is 0 Å². The molecular weight excluding hydrogens is 887 g/mol. The van der Waals surface area contributed by atoms with Crippen LogP contribution in [-0.2, 0) is 42.9 Å². The lowest BCUT2D eigenvalue weighted by atomic mass is 9.77. The maximum absolute atomic E-state index is 14.4. The van der Waals surface area contributed by atoms with Crippen LogP contribution in [0.1, 0.15) is 132 Å². The molecule has 1 saturated heterocycles. The number of aromatic nitrogens is 4. The number of Topliss-reactive ketones (excluding diaryl/α,β-unsaturated/α-hetero) is 3. The standard InChI is InChI=1S/C52H81N5O12/c1-31-16-12-11-13-17-32(2)43(66-8)28-39(58)21-19-33(3)46(60)49(63)51(64)56-23-15-14-18-41(56)52(65)69-44(35(5)26-38-20-22-40(45(27-38)67-9)57-30-53-54-55-57)29-42(59)34(4)25-37(7)48(62)50(68-10)47(61)36(6)24-31/h11-13,16-17,25,30-31,33-36,38-41,43-46,48,50,58,60,62H,14-15,18-24,26-29H2,1-10H3/b13-11+,16-12-,32-17?,37-25+/t31-,33-,34-,35-,36-,38+,39+,40+,41-,43+,44-,45-,46+,48-,50+/m1/s1. The maximum atomic E-state index is 14.4. The third kappa shape index (κ3) is 16.4. The van der Waals surface area contributed by atoms with Crippen molar-refractivity contribution in [2.45, 2.75) is 180 Å². The lowest BCUT2D eigenvalue weighted by molar-refractivity contribution is -0.167. The van der Waals surface area contributed by atoms with Gasteiger partial charge in [-0.05, 0) is 123 Å². The monoisotopic (exact) mass is 968 g/mol. The van der Waals surface area contributed by atoms with E-state index < -0.39 is 78.1 Å². The summed E-state index contributed by atoms with van der Waals surface area (Å²) in [6, 6.07) is -1.17. The van der Waals surface area contributed by atoms with Gasteiger partial charge in [0.15, 0.2) is 5.78 Å². The average Bonchev–Trinajstić information content (AvgIpc) is 3.88. The van der Waals surface area contributed by atoms with Crippen molar-refractivity contribution in [3.8, 4) is 0 Å². The lowest BCUT2D eigenvalue weighted by Crippen LogP contribution is -2.54. The van der Waals surface area contributed by atoms with E-state index in [4.69, 9.17) is 18.9 Å². The van der Waals surface area contributed by atoms with Gasteiger partial charge < -0.3 is 39.2 Å². The number of piperidine rings is 1. The van der Waals surface area contributed by atoms with Crippen molar-refractivity contribution in [3.05, 3.63) is 53.9 Å². The van der Waals surface area contributed by atoms with E-state index in [0.29, 0.717) is 37.7 Å². The average molecular weight is 968 g/mol. The fourth-order valence-corrected chi connectivity index (χ4v) is 10.2. The van der Waals surface area contributed by atoms with E-state index >= 15 is 0 Å². The highest BCUT2D eigenvalue weighted by molar-refractivity contribution is 6.38. The number of carbonyl (C=O) groups excluding carboxylic acids is 5. The number of rotatable bonds is 7. The van der Waals surface area contributed by atoms with Crippen molar-refractivity contribution in [2.24, 2.45) is 35.5 Å². The van der Waals surface area contributed by atoms with E-state index in [2.05, 4.69) is 15.5 Å². The van der Waals surface area contributed by atoms with Crippen LogP contribution in [0.4, 0.5) is 0 Å². The number of allylic oxidation sites excluding steroid dienone is 6. The minimum absolute atomic E-state index is 0.0164. The summed E-state index contributed by atoms with van der Waals surface area (Å²) in [5.74, 6) is -5.33. The number of tetrazole rings is 1. The lowest BCUT2D eigenvalue weighted by Gasteiger charge is -2.38. The Morgan fingerprint density at radius 2 is 1.57 bits per heavy atom. The summed E-state index contributed by atoms with van der Waals surface area (Å²) in [6.07, 6.45) is 11.5. The van der Waals surface area contributed by atoms with E-state index in [9.17, 15) is 39.3 Å². The molecular formula is C52H81N5O12. The second-order valence-corrected chi connectivity index (χ2v) is 20.2. The van der Waals surface area contributed by atoms with Gasteiger partial charge in [-0.1, -0.05) is 71.1 Å². The van der Waals surface area contributed by atoms with Gasteiger partial charge in [0.05, 0.1) is 24.4 Å². The van der Waals surface area contributed by atoms with Crippen LogP contribution in [-0.4, -0.2) is 146 Å². The zero-order valence-electron chi connectivity index (χ0n) is 42.6. The Hall–Kier alpha value is -4.26. The Morgan fingerprint density at radius 3 is 2.23 bits per heavy atom. The Morgan fingerprint density at radius 1 is 0.826 bits per heavy atom. The molecule has 69 heavy (non-hydrogen) atoms. The normalized spacial score (nSPS) is 36.5. The summed E-state index contributed by atoms with van der Waals surface area (Å²) >= 11 is 0. The molecule has 15 atom stereocenters. The topological polar surface area (TPSA) is 230 Å². The third-order valence-corrected chi connectivity index (χ3v) is 14.7. The molecule has 2 aliphatic heterocycles. The first kappa shape index (κ1) is 57.3. The second-order valence-electron chi connectivity index (χ2n) is 20.2. The van der Waals surface area contributed by atoms with E-state index in [0.717, 1.165) is 18.4 Å². The molecule has 17 nitrogen and oxygen atoms in total. The van der Waals surface area contributed by atoms with Gasteiger partial charge >= 0.3 is 5.97 Å². The molecule has 0 unspecified atom stereocenters. The SMILES string of the molecule is CO[C@H]1C[C@@H](O)CC[C@@H](C)[C@H](O)C(=O)C(=O)N2CCCC[C@@H]2C(=O)O[C@@H]([C@H](C)C[C@@H]2CC[C@H](n3cnnn3)[C@H](OC)C2)CC(=O)[C@H](C)/C=C(\C)[C@@H](O)[C@@H](OC)C(=O)[C@H](C)C[C@H](C)/C=C\C=C\C=C1C. The van der Waals surface area contributed by atoms with E-state index in [1.165, 1.54) is 12.0 Å². The van der Waals surface area contributed by atoms with Crippen LogP contribution in [0.2, 0.25) is 0 Å². The highest BCUT2D eigenvalue weighted by Crippen LogP contribution is 2.38. The molecule has 1 aromatic rings. The molecule has 2 fully saturated rings. The van der Waals surface area contributed by atoms with Crippen molar-refractivity contribution >= 4 is 29.2 Å². The summed E-state index contributed by atoms with van der Waals surface area (Å²) in [6.45, 7) is 12.7. The predicted octanol–water partition coefficient (Wildman–Crippen LogP) is 5.68. The number of fused-ring (bicyclic) bond motifs is 1. The van der Waals surface area contributed by atoms with Crippen molar-refractivity contribution in [1.29, 1.82) is 0 Å². The van der Waals surface area contributed by atoms with Gasteiger partial charge in [-0.3, -0.25) is 19.2 Å². The van der Waals surface area contributed by atoms with Crippen LogP contribution < -0.4 is 0 Å². The fraction of sp³-hybridized carbons (Fsp3) is 0.731. The van der Waals surface area contributed by atoms with Crippen molar-refractivity contribution in [1.82, 2.24) is 25.1 Å². The summed E-state index contributed by atoms with van der Waals surface area (Å²) < 4.78 is 25.2. The summed E-state index contributed by atoms with van der Waals surface area (Å²) in [5.41, 5.74) is 1.26. The van der Waals surface area contributed by atoms with Gasteiger partial charge in [0.25, 0.3) is 5.91 Å². The first-order chi connectivity index (χ1) is 32.8. The van der Waals surface area contributed by atoms with Crippen LogP contribution in [0.25, 0.3) is 0 Å². The Labute approximate surface area is 409 Å². The number of hydrogen-bond acceptors (Lipinski definition) is 15. The number of aliphatic hydroxyl groups is 3. The van der Waals surface area contributed by atoms with Crippen molar-refractivity contribution in [3.63, 3.8) is 0 Å². The molecule has 386 valence electrons. The molecule has 3 N–H and O–H groups in total. The molecule has 0 bridgehead atoms. The zero-order chi connectivity index (χ0) is 50.9. The Bertz CT molecular complexity index is 1950. The first-order valence-electron chi connectivity index (χ1n) is 25.0. The number of methoxy groups -OCH3 is 3. The molecule has 3 aliphatic rings. The molecule has 0 aromatic carbocycles. The smallest absolute Gasteiger partial charge is 0.329 e. The molecule has 17 heteroatoms. The number of esters is 1. The van der Waals surface area contributed by atoms with Gasteiger partial charge in [-0.2, -0.15) is 0 Å². The van der Waals surface area contributed by atoms with Gasteiger partial charge in [-0.25, -0.2) is 9.48 Å². The number of ether oxygens (including phenoxy) is 4. The third-order valence-electron chi connectivity index (χ3n) is 14.7. The van der Waals surface area contributed by atoms with Gasteiger partial charge in [0.1, 0.15) is 42.6 Å².